The summed E-state index contributed by atoms with van der Waals surface area (Å²) >= 11 is 3.59. The zero-order valence-electron chi connectivity index (χ0n) is 11.2. The second-order valence-electron chi connectivity index (χ2n) is 4.68. The molecule has 2 aromatic heterocycles. The molecule has 3 rings (SSSR count). The highest BCUT2D eigenvalue weighted by Gasteiger charge is 2.14. The zero-order chi connectivity index (χ0) is 14.7. The number of rotatable bonds is 4. The van der Waals surface area contributed by atoms with Crippen molar-refractivity contribution in [2.45, 2.75) is 4.83 Å². The molecule has 5 heteroatoms. The summed E-state index contributed by atoms with van der Waals surface area (Å²) in [5.41, 5.74) is 2.53. The van der Waals surface area contributed by atoms with Gasteiger partial charge in [-0.3, -0.25) is 4.79 Å². The summed E-state index contributed by atoms with van der Waals surface area (Å²) in [4.78, 5) is 12.4. The quantitative estimate of drug-likeness (QED) is 0.739. The molecule has 4 nitrogen and oxygen atoms in total. The molecule has 1 aromatic carbocycles. The number of aromatic nitrogens is 2. The van der Waals surface area contributed by atoms with Crippen molar-refractivity contribution in [2.75, 3.05) is 6.54 Å². The molecule has 0 spiro atoms. The lowest BCUT2D eigenvalue weighted by Crippen LogP contribution is -2.26. The van der Waals surface area contributed by atoms with Crippen LogP contribution >= 0.6 is 15.9 Å². The third-order valence-corrected chi connectivity index (χ3v) is 4.13. The van der Waals surface area contributed by atoms with Gasteiger partial charge >= 0.3 is 0 Å². The molecule has 1 amide bonds. The molecule has 2 heterocycles. The smallest absolute Gasteiger partial charge is 0.255 e. The van der Waals surface area contributed by atoms with Gasteiger partial charge in [0, 0.05) is 12.7 Å². The predicted molar refractivity (Wildman–Crippen MR) is 85.6 cm³/mol. The van der Waals surface area contributed by atoms with E-state index < -0.39 is 0 Å². The van der Waals surface area contributed by atoms with Crippen LogP contribution in [0, 0.1) is 0 Å². The maximum Gasteiger partial charge on any atom is 0.255 e. The van der Waals surface area contributed by atoms with Gasteiger partial charge in [0.15, 0.2) is 0 Å². The number of carbonyl (C=O) groups excluding carboxylic acids is 1. The molecule has 0 aliphatic heterocycles. The Morgan fingerprint density at radius 2 is 1.95 bits per heavy atom. The molecular weight excluding hydrogens is 330 g/mol. The summed E-state index contributed by atoms with van der Waals surface area (Å²) in [7, 11) is 0. The van der Waals surface area contributed by atoms with Gasteiger partial charge in [-0.05, 0) is 17.7 Å². The maximum atomic E-state index is 12.3. The van der Waals surface area contributed by atoms with Crippen molar-refractivity contribution in [3.8, 4) is 0 Å². The van der Waals surface area contributed by atoms with E-state index in [4.69, 9.17) is 0 Å². The average Bonchev–Trinajstić information content (AvgIpc) is 2.97. The molecule has 21 heavy (non-hydrogen) atoms. The zero-order valence-corrected chi connectivity index (χ0v) is 12.8. The first-order valence-corrected chi connectivity index (χ1v) is 7.57. The van der Waals surface area contributed by atoms with Crippen LogP contribution < -0.4 is 5.32 Å². The molecule has 1 unspecified atom stereocenters. The van der Waals surface area contributed by atoms with E-state index in [2.05, 4.69) is 26.3 Å². The van der Waals surface area contributed by atoms with E-state index in [0.29, 0.717) is 12.1 Å². The monoisotopic (exact) mass is 343 g/mol. The first-order chi connectivity index (χ1) is 10.3. The second-order valence-corrected chi connectivity index (χ2v) is 5.78. The van der Waals surface area contributed by atoms with E-state index in [1.54, 1.807) is 10.7 Å². The molecule has 0 radical (unpaired) electrons. The minimum Gasteiger partial charge on any atom is -0.350 e. The van der Waals surface area contributed by atoms with Crippen LogP contribution in [-0.2, 0) is 0 Å². The van der Waals surface area contributed by atoms with Crippen LogP contribution in [0.5, 0.6) is 0 Å². The number of nitrogens with one attached hydrogen (secondary N) is 1. The van der Waals surface area contributed by atoms with Crippen LogP contribution in [0.4, 0.5) is 0 Å². The number of fused-ring (bicyclic) bond motifs is 1. The number of benzene rings is 1. The van der Waals surface area contributed by atoms with Crippen LogP contribution in [0.1, 0.15) is 20.7 Å². The number of pyridine rings is 1. The molecule has 0 saturated carbocycles. The van der Waals surface area contributed by atoms with Crippen molar-refractivity contribution in [1.82, 2.24) is 14.9 Å². The molecule has 0 aliphatic carbocycles. The van der Waals surface area contributed by atoms with Crippen molar-refractivity contribution in [3.63, 3.8) is 0 Å². The number of carbonyl (C=O) groups is 1. The van der Waals surface area contributed by atoms with Crippen molar-refractivity contribution in [2.24, 2.45) is 0 Å². The van der Waals surface area contributed by atoms with E-state index >= 15 is 0 Å². The Hall–Kier alpha value is -2.14. The van der Waals surface area contributed by atoms with Gasteiger partial charge in [0.25, 0.3) is 5.91 Å². The Morgan fingerprint density at radius 1 is 1.19 bits per heavy atom. The standard InChI is InChI=1S/C16H14BrN3O/c17-14(12-6-2-1-3-7-12)11-18-16(21)13-10-19-20-9-5-4-8-15(13)20/h1-10,14H,11H2,(H,18,21). The maximum absolute atomic E-state index is 12.3. The molecule has 3 aromatic rings. The highest BCUT2D eigenvalue weighted by Crippen LogP contribution is 2.21. The van der Waals surface area contributed by atoms with Crippen molar-refractivity contribution < 1.29 is 4.79 Å². The average molecular weight is 344 g/mol. The molecule has 0 bridgehead atoms. The Morgan fingerprint density at radius 3 is 2.76 bits per heavy atom. The Kier molecular flexibility index (Phi) is 4.01. The molecular formula is C16H14BrN3O. The number of amides is 1. The van der Waals surface area contributed by atoms with E-state index in [0.717, 1.165) is 11.1 Å². The fourth-order valence-corrected chi connectivity index (χ4v) is 2.63. The fraction of sp³-hybridized carbons (Fsp3) is 0.125. The molecule has 106 valence electrons. The van der Waals surface area contributed by atoms with Crippen molar-refractivity contribution in [1.29, 1.82) is 0 Å². The van der Waals surface area contributed by atoms with E-state index in [9.17, 15) is 4.79 Å². The number of halogens is 1. The van der Waals surface area contributed by atoms with E-state index in [-0.39, 0.29) is 10.7 Å². The van der Waals surface area contributed by atoms with Gasteiger partial charge in [-0.1, -0.05) is 52.3 Å². The topological polar surface area (TPSA) is 46.4 Å². The third-order valence-electron chi connectivity index (χ3n) is 3.27. The molecule has 1 N–H and O–H groups in total. The second kappa shape index (κ2) is 6.10. The lowest BCUT2D eigenvalue weighted by molar-refractivity contribution is 0.0955. The fourth-order valence-electron chi connectivity index (χ4n) is 2.17. The molecule has 1 atom stereocenters. The minimum atomic E-state index is -0.114. The summed E-state index contributed by atoms with van der Waals surface area (Å²) in [5.74, 6) is -0.114. The molecule has 0 fully saturated rings. The predicted octanol–water partition coefficient (Wildman–Crippen LogP) is 3.20. The van der Waals surface area contributed by atoms with Crippen LogP contribution in [0.25, 0.3) is 5.52 Å². The largest absolute Gasteiger partial charge is 0.350 e. The number of hydrogen-bond acceptors (Lipinski definition) is 2. The normalized spacial score (nSPS) is 12.2. The Bertz CT molecular complexity index is 754. The number of nitrogens with zero attached hydrogens (tertiary/aromatic N) is 2. The minimum absolute atomic E-state index is 0.0875. The number of hydrogen-bond donors (Lipinski definition) is 1. The Balaban J connectivity index is 1.70. The third kappa shape index (κ3) is 2.97. The van der Waals surface area contributed by atoms with Crippen molar-refractivity contribution in [3.05, 3.63) is 72.1 Å². The van der Waals surface area contributed by atoms with Crippen molar-refractivity contribution >= 4 is 27.4 Å². The summed E-state index contributed by atoms with van der Waals surface area (Å²) < 4.78 is 1.69. The van der Waals surface area contributed by atoms with E-state index in [1.807, 2.05) is 54.7 Å². The van der Waals surface area contributed by atoms with E-state index in [1.165, 1.54) is 0 Å². The van der Waals surface area contributed by atoms with Gasteiger partial charge in [0.1, 0.15) is 0 Å². The SMILES string of the molecule is O=C(NCC(Br)c1ccccc1)c1cnn2ccccc12. The van der Waals surface area contributed by atoms with Crippen LogP contribution in [0.2, 0.25) is 0 Å². The lowest BCUT2D eigenvalue weighted by atomic mass is 10.1. The lowest BCUT2D eigenvalue weighted by Gasteiger charge is -2.11. The highest BCUT2D eigenvalue weighted by molar-refractivity contribution is 9.09. The summed E-state index contributed by atoms with van der Waals surface area (Å²) in [6.45, 7) is 0.521. The first kappa shape index (κ1) is 13.8. The van der Waals surface area contributed by atoms with Gasteiger partial charge < -0.3 is 5.32 Å². The van der Waals surface area contributed by atoms with Gasteiger partial charge in [-0.25, -0.2) is 4.52 Å². The first-order valence-electron chi connectivity index (χ1n) is 6.65. The van der Waals surface area contributed by atoms with Gasteiger partial charge in [0.2, 0.25) is 0 Å². The van der Waals surface area contributed by atoms with Crippen LogP contribution in [0.15, 0.2) is 60.9 Å². The summed E-state index contributed by atoms with van der Waals surface area (Å²) in [6.07, 6.45) is 3.42. The van der Waals surface area contributed by atoms with Gasteiger partial charge in [-0.15, -0.1) is 0 Å². The highest BCUT2D eigenvalue weighted by atomic mass is 79.9. The Labute approximate surface area is 130 Å². The summed E-state index contributed by atoms with van der Waals surface area (Å²) in [6, 6.07) is 15.7. The van der Waals surface area contributed by atoms with Crippen LogP contribution in [-0.4, -0.2) is 22.1 Å². The molecule has 0 aliphatic rings. The molecule has 0 saturated heterocycles. The van der Waals surface area contributed by atoms with Gasteiger partial charge in [-0.2, -0.15) is 5.10 Å². The van der Waals surface area contributed by atoms with Crippen LogP contribution in [0.3, 0.4) is 0 Å². The van der Waals surface area contributed by atoms with Gasteiger partial charge in [0.05, 0.1) is 22.1 Å². The summed E-state index contributed by atoms with van der Waals surface area (Å²) in [5, 5.41) is 7.11. The number of alkyl halides is 1.